The Morgan fingerprint density at radius 3 is 2.63 bits per heavy atom. The van der Waals surface area contributed by atoms with Crippen molar-refractivity contribution in [3.05, 3.63) is 70.8 Å². The molecular formula is C21H20FN3O3S2. The van der Waals surface area contributed by atoms with Crippen LogP contribution in [0.3, 0.4) is 0 Å². The molecule has 1 aromatic heterocycles. The van der Waals surface area contributed by atoms with Crippen LogP contribution in [-0.4, -0.2) is 36.2 Å². The number of aromatic nitrogens is 1. The maximum Gasteiger partial charge on any atom is 0.243 e. The second-order valence-corrected chi connectivity index (χ2v) is 9.77. The van der Waals surface area contributed by atoms with Crippen LogP contribution in [0.1, 0.15) is 17.8 Å². The minimum absolute atomic E-state index is 0.0176. The van der Waals surface area contributed by atoms with Gasteiger partial charge in [0.05, 0.1) is 17.1 Å². The summed E-state index contributed by atoms with van der Waals surface area (Å²) >= 11 is 1.44. The predicted molar refractivity (Wildman–Crippen MR) is 113 cm³/mol. The van der Waals surface area contributed by atoms with Crippen LogP contribution < -0.4 is 5.32 Å². The van der Waals surface area contributed by atoms with Crippen molar-refractivity contribution in [2.45, 2.75) is 30.3 Å². The quantitative estimate of drug-likeness (QED) is 0.631. The summed E-state index contributed by atoms with van der Waals surface area (Å²) in [4.78, 5) is 17.3. The molecule has 1 aliphatic rings. The number of rotatable bonds is 6. The van der Waals surface area contributed by atoms with Gasteiger partial charge in [-0.2, -0.15) is 4.31 Å². The highest BCUT2D eigenvalue weighted by Crippen LogP contribution is 2.27. The number of halogens is 1. The molecule has 6 nitrogen and oxygen atoms in total. The zero-order valence-corrected chi connectivity index (χ0v) is 17.6. The van der Waals surface area contributed by atoms with Gasteiger partial charge >= 0.3 is 0 Å². The van der Waals surface area contributed by atoms with Gasteiger partial charge in [0.25, 0.3) is 0 Å². The Balaban J connectivity index is 1.43. The average molecular weight is 446 g/mol. The van der Waals surface area contributed by atoms with Gasteiger partial charge in [-0.25, -0.2) is 17.8 Å². The standard InChI is InChI=1S/C21H20FN3O3S2/c22-16-8-10-17(11-9-16)30(27,28)25-12-4-7-19(25)21(26)23-13-20-24-18(14-29-20)15-5-2-1-3-6-15/h1-3,5-6,8-11,14,19H,4,7,12-13H2,(H,23,26). The van der Waals surface area contributed by atoms with Crippen LogP contribution >= 0.6 is 11.3 Å². The van der Waals surface area contributed by atoms with E-state index in [2.05, 4.69) is 10.3 Å². The lowest BCUT2D eigenvalue weighted by atomic mass is 10.2. The molecule has 1 atom stereocenters. The summed E-state index contributed by atoms with van der Waals surface area (Å²) in [5.74, 6) is -0.863. The van der Waals surface area contributed by atoms with E-state index >= 15 is 0 Å². The number of nitrogens with one attached hydrogen (secondary N) is 1. The lowest BCUT2D eigenvalue weighted by molar-refractivity contribution is -0.124. The SMILES string of the molecule is O=C(NCc1nc(-c2ccccc2)cs1)C1CCCN1S(=O)(=O)c1ccc(F)cc1. The van der Waals surface area contributed by atoms with Gasteiger partial charge in [-0.1, -0.05) is 30.3 Å². The van der Waals surface area contributed by atoms with Crippen molar-refractivity contribution < 1.29 is 17.6 Å². The lowest BCUT2D eigenvalue weighted by Crippen LogP contribution is -2.45. The van der Waals surface area contributed by atoms with Crippen molar-refractivity contribution in [2.75, 3.05) is 6.54 Å². The first-order valence-corrected chi connectivity index (χ1v) is 11.8. The molecule has 1 fully saturated rings. The van der Waals surface area contributed by atoms with E-state index in [-0.39, 0.29) is 23.9 Å². The van der Waals surface area contributed by atoms with Crippen LogP contribution in [-0.2, 0) is 21.4 Å². The summed E-state index contributed by atoms with van der Waals surface area (Å²) < 4.78 is 40.2. The fourth-order valence-corrected chi connectivity index (χ4v) is 5.85. The summed E-state index contributed by atoms with van der Waals surface area (Å²) in [6.07, 6.45) is 1.04. The summed E-state index contributed by atoms with van der Waals surface area (Å²) in [7, 11) is -3.87. The van der Waals surface area contributed by atoms with Gasteiger partial charge in [0.2, 0.25) is 15.9 Å². The Labute approximate surface area is 178 Å². The van der Waals surface area contributed by atoms with E-state index in [4.69, 9.17) is 0 Å². The Kier molecular flexibility index (Phi) is 5.94. The van der Waals surface area contributed by atoms with E-state index < -0.39 is 21.9 Å². The van der Waals surface area contributed by atoms with Crippen LogP contribution in [0.2, 0.25) is 0 Å². The first-order chi connectivity index (χ1) is 14.4. The maximum absolute atomic E-state index is 13.2. The van der Waals surface area contributed by atoms with E-state index in [9.17, 15) is 17.6 Å². The number of nitrogens with zero attached hydrogens (tertiary/aromatic N) is 2. The summed E-state index contributed by atoms with van der Waals surface area (Å²) in [6.45, 7) is 0.491. The normalized spacial score (nSPS) is 17.2. The molecule has 1 N–H and O–H groups in total. The number of sulfonamides is 1. The third-order valence-corrected chi connectivity index (χ3v) is 7.73. The molecule has 9 heteroatoms. The molecule has 156 valence electrons. The number of amides is 1. The van der Waals surface area contributed by atoms with Crippen LogP contribution in [0.25, 0.3) is 11.3 Å². The zero-order valence-electron chi connectivity index (χ0n) is 16.0. The Morgan fingerprint density at radius 1 is 1.17 bits per heavy atom. The fourth-order valence-electron chi connectivity index (χ4n) is 3.45. The molecule has 1 unspecified atom stereocenters. The van der Waals surface area contributed by atoms with E-state index in [1.807, 2.05) is 35.7 Å². The molecule has 1 amide bonds. The molecule has 1 saturated heterocycles. The van der Waals surface area contributed by atoms with Crippen LogP contribution in [0.15, 0.2) is 64.9 Å². The lowest BCUT2D eigenvalue weighted by Gasteiger charge is -2.23. The second-order valence-electron chi connectivity index (χ2n) is 6.94. The number of thiazole rings is 1. The monoisotopic (exact) mass is 445 g/mol. The predicted octanol–water partition coefficient (Wildman–Crippen LogP) is 3.42. The molecule has 4 rings (SSSR count). The van der Waals surface area contributed by atoms with Crippen LogP contribution in [0, 0.1) is 5.82 Å². The van der Waals surface area contributed by atoms with E-state index in [0.717, 1.165) is 28.4 Å². The van der Waals surface area contributed by atoms with Crippen molar-refractivity contribution in [2.24, 2.45) is 0 Å². The number of benzene rings is 2. The largest absolute Gasteiger partial charge is 0.348 e. The molecule has 2 aromatic carbocycles. The number of carbonyl (C=O) groups excluding carboxylic acids is 1. The molecule has 30 heavy (non-hydrogen) atoms. The van der Waals surface area contributed by atoms with Gasteiger partial charge in [0.1, 0.15) is 16.9 Å². The molecule has 0 radical (unpaired) electrons. The highest BCUT2D eigenvalue weighted by atomic mass is 32.2. The third-order valence-electron chi connectivity index (χ3n) is 4.96. The average Bonchev–Trinajstić information content (AvgIpc) is 3.43. The molecular weight excluding hydrogens is 425 g/mol. The van der Waals surface area contributed by atoms with Gasteiger partial charge in [0.15, 0.2) is 0 Å². The maximum atomic E-state index is 13.2. The van der Waals surface area contributed by atoms with Crippen molar-refractivity contribution in [3.8, 4) is 11.3 Å². The van der Waals surface area contributed by atoms with Gasteiger partial charge in [-0.15, -0.1) is 11.3 Å². The van der Waals surface area contributed by atoms with Gasteiger partial charge in [-0.05, 0) is 37.1 Å². The van der Waals surface area contributed by atoms with E-state index in [1.54, 1.807) is 0 Å². The Hall–Kier alpha value is -2.62. The van der Waals surface area contributed by atoms with Crippen LogP contribution in [0.4, 0.5) is 4.39 Å². The number of carbonyl (C=O) groups is 1. The molecule has 0 aliphatic carbocycles. The van der Waals surface area contributed by atoms with Crippen LogP contribution in [0.5, 0.6) is 0 Å². The smallest absolute Gasteiger partial charge is 0.243 e. The van der Waals surface area contributed by atoms with Gasteiger partial charge in [-0.3, -0.25) is 4.79 Å². The first-order valence-electron chi connectivity index (χ1n) is 9.50. The first kappa shape index (κ1) is 20.6. The Morgan fingerprint density at radius 2 is 1.90 bits per heavy atom. The minimum Gasteiger partial charge on any atom is -0.348 e. The fraction of sp³-hybridized carbons (Fsp3) is 0.238. The molecule has 0 saturated carbocycles. The van der Waals surface area contributed by atoms with Crippen molar-refractivity contribution in [3.63, 3.8) is 0 Å². The van der Waals surface area contributed by atoms with Gasteiger partial charge in [0, 0.05) is 17.5 Å². The summed E-state index contributed by atoms with van der Waals surface area (Å²) in [5.41, 5.74) is 1.84. The number of hydrogen-bond acceptors (Lipinski definition) is 5. The van der Waals surface area contributed by atoms with Crippen molar-refractivity contribution >= 4 is 27.3 Å². The molecule has 2 heterocycles. The molecule has 0 bridgehead atoms. The summed E-state index contributed by atoms with van der Waals surface area (Å²) in [5, 5.41) is 5.48. The zero-order chi connectivity index (χ0) is 21.1. The second kappa shape index (κ2) is 8.63. The van der Waals surface area contributed by atoms with E-state index in [0.29, 0.717) is 12.8 Å². The van der Waals surface area contributed by atoms with Gasteiger partial charge < -0.3 is 5.32 Å². The number of hydrogen-bond donors (Lipinski definition) is 1. The highest BCUT2D eigenvalue weighted by molar-refractivity contribution is 7.89. The Bertz CT molecular complexity index is 1130. The molecule has 0 spiro atoms. The third kappa shape index (κ3) is 4.28. The van der Waals surface area contributed by atoms with Crippen molar-refractivity contribution in [1.82, 2.24) is 14.6 Å². The van der Waals surface area contributed by atoms with Crippen molar-refractivity contribution in [1.29, 1.82) is 0 Å². The summed E-state index contributed by atoms with van der Waals surface area (Å²) in [6, 6.07) is 13.6. The highest BCUT2D eigenvalue weighted by Gasteiger charge is 2.39. The van der Waals surface area contributed by atoms with E-state index in [1.165, 1.54) is 27.8 Å². The molecule has 1 aliphatic heterocycles. The minimum atomic E-state index is -3.87. The molecule has 3 aromatic rings. The topological polar surface area (TPSA) is 79.4 Å².